The summed E-state index contributed by atoms with van der Waals surface area (Å²) in [6.45, 7) is 7.36. The van der Waals surface area contributed by atoms with E-state index in [1.165, 1.54) is 6.92 Å². The molecule has 1 saturated carbocycles. The molecule has 0 aromatic carbocycles. The number of carbonyl (C=O) groups is 1. The molecule has 0 N–H and O–H groups in total. The SMILES string of the molecule is CC(=O)OC[C@H]1CC[C@@H](CBr)C2(CO2)C1(C)C. The molecule has 4 heteroatoms. The Morgan fingerprint density at radius 2 is 2.00 bits per heavy atom. The van der Waals surface area contributed by atoms with Crippen LogP contribution in [-0.2, 0) is 14.3 Å². The van der Waals surface area contributed by atoms with E-state index in [4.69, 9.17) is 9.47 Å². The van der Waals surface area contributed by atoms with Crippen LogP contribution in [0.2, 0.25) is 0 Å². The van der Waals surface area contributed by atoms with E-state index < -0.39 is 0 Å². The van der Waals surface area contributed by atoms with Gasteiger partial charge in [-0.05, 0) is 12.8 Å². The Morgan fingerprint density at radius 3 is 2.47 bits per heavy atom. The highest BCUT2D eigenvalue weighted by atomic mass is 79.9. The molecule has 1 saturated heterocycles. The molecule has 0 amide bonds. The zero-order valence-corrected chi connectivity index (χ0v) is 12.4. The Bertz CT molecular complexity index is 310. The summed E-state index contributed by atoms with van der Waals surface area (Å²) in [6, 6.07) is 0. The minimum absolute atomic E-state index is 0.0135. The molecular weight excluding hydrogens is 284 g/mol. The minimum atomic E-state index is -0.186. The average Bonchev–Trinajstić information content (AvgIpc) is 3.02. The topological polar surface area (TPSA) is 38.8 Å². The van der Waals surface area contributed by atoms with Crippen LogP contribution < -0.4 is 0 Å². The first-order valence-electron chi connectivity index (χ1n) is 6.27. The van der Waals surface area contributed by atoms with Crippen molar-refractivity contribution < 1.29 is 14.3 Å². The molecule has 17 heavy (non-hydrogen) atoms. The van der Waals surface area contributed by atoms with Crippen LogP contribution in [0.25, 0.3) is 0 Å². The van der Waals surface area contributed by atoms with Gasteiger partial charge in [0, 0.05) is 29.5 Å². The summed E-state index contributed by atoms with van der Waals surface area (Å²) < 4.78 is 11.0. The Balaban J connectivity index is 2.08. The van der Waals surface area contributed by atoms with Gasteiger partial charge in [-0.2, -0.15) is 0 Å². The van der Waals surface area contributed by atoms with E-state index in [9.17, 15) is 4.79 Å². The molecule has 3 nitrogen and oxygen atoms in total. The van der Waals surface area contributed by atoms with Gasteiger partial charge in [-0.15, -0.1) is 0 Å². The number of ether oxygens (including phenoxy) is 2. The van der Waals surface area contributed by atoms with Crippen molar-refractivity contribution in [1.82, 2.24) is 0 Å². The zero-order valence-electron chi connectivity index (χ0n) is 10.8. The summed E-state index contributed by atoms with van der Waals surface area (Å²) in [5.41, 5.74) is 0.0959. The van der Waals surface area contributed by atoms with E-state index >= 15 is 0 Å². The molecule has 3 atom stereocenters. The van der Waals surface area contributed by atoms with Crippen molar-refractivity contribution in [1.29, 1.82) is 0 Å². The van der Waals surface area contributed by atoms with Crippen molar-refractivity contribution >= 4 is 21.9 Å². The molecule has 2 rings (SSSR count). The highest BCUT2D eigenvalue weighted by Crippen LogP contribution is 2.59. The van der Waals surface area contributed by atoms with Crippen molar-refractivity contribution in [3.8, 4) is 0 Å². The van der Waals surface area contributed by atoms with Crippen LogP contribution >= 0.6 is 15.9 Å². The van der Waals surface area contributed by atoms with E-state index in [0.29, 0.717) is 18.4 Å². The molecule has 2 fully saturated rings. The second-order valence-corrected chi connectivity index (χ2v) is 6.48. The molecule has 2 aliphatic rings. The normalized spacial score (nSPS) is 39.1. The molecule has 1 spiro atoms. The number of epoxide rings is 1. The lowest BCUT2D eigenvalue weighted by Gasteiger charge is -2.47. The molecule has 98 valence electrons. The second kappa shape index (κ2) is 4.54. The molecule has 1 aliphatic carbocycles. The molecule has 1 unspecified atom stereocenters. The first kappa shape index (κ1) is 13.3. The van der Waals surface area contributed by atoms with Crippen LogP contribution in [0.3, 0.4) is 0 Å². The summed E-state index contributed by atoms with van der Waals surface area (Å²) >= 11 is 3.59. The van der Waals surface area contributed by atoms with Gasteiger partial charge < -0.3 is 9.47 Å². The highest BCUT2D eigenvalue weighted by molar-refractivity contribution is 9.09. The highest BCUT2D eigenvalue weighted by Gasteiger charge is 2.65. The van der Waals surface area contributed by atoms with Crippen molar-refractivity contribution in [3.05, 3.63) is 0 Å². The fourth-order valence-corrected chi connectivity index (χ4v) is 4.11. The monoisotopic (exact) mass is 304 g/mol. The summed E-state index contributed by atoms with van der Waals surface area (Å²) in [5.74, 6) is 0.810. The van der Waals surface area contributed by atoms with Gasteiger partial charge in [0.2, 0.25) is 0 Å². The number of esters is 1. The van der Waals surface area contributed by atoms with Crippen molar-refractivity contribution in [3.63, 3.8) is 0 Å². The third-order valence-corrected chi connectivity index (χ3v) is 5.55. The van der Waals surface area contributed by atoms with Crippen LogP contribution in [0.15, 0.2) is 0 Å². The van der Waals surface area contributed by atoms with Crippen LogP contribution in [0.5, 0.6) is 0 Å². The Hall–Kier alpha value is -0.0900. The largest absolute Gasteiger partial charge is 0.466 e. The smallest absolute Gasteiger partial charge is 0.302 e. The number of hydrogen-bond donors (Lipinski definition) is 0. The standard InChI is InChI=1S/C13H21BrO3/c1-9(15)16-7-11-5-4-10(6-14)13(8-17-13)12(11,2)3/h10-11H,4-8H2,1-3H3/t10-,11+,13?/m0/s1. The maximum absolute atomic E-state index is 10.9. The van der Waals surface area contributed by atoms with Gasteiger partial charge in [-0.1, -0.05) is 29.8 Å². The molecule has 1 heterocycles. The number of hydrogen-bond acceptors (Lipinski definition) is 3. The van der Waals surface area contributed by atoms with E-state index in [1.54, 1.807) is 0 Å². The fraction of sp³-hybridized carbons (Fsp3) is 0.923. The van der Waals surface area contributed by atoms with Gasteiger partial charge in [0.1, 0.15) is 5.60 Å². The molecule has 0 radical (unpaired) electrons. The number of halogens is 1. The van der Waals surface area contributed by atoms with E-state index in [2.05, 4.69) is 29.8 Å². The number of alkyl halides is 1. The summed E-state index contributed by atoms with van der Waals surface area (Å²) in [7, 11) is 0. The predicted octanol–water partition coefficient (Wildman–Crippen LogP) is 2.77. The lowest BCUT2D eigenvalue weighted by atomic mass is 9.58. The first-order valence-corrected chi connectivity index (χ1v) is 7.39. The van der Waals surface area contributed by atoms with Crippen LogP contribution in [0.4, 0.5) is 0 Å². The summed E-state index contributed by atoms with van der Waals surface area (Å²) in [6.07, 6.45) is 2.27. The lowest BCUT2D eigenvalue weighted by molar-refractivity contribution is -0.146. The third kappa shape index (κ3) is 2.14. The third-order valence-electron chi connectivity index (χ3n) is 4.76. The summed E-state index contributed by atoms with van der Waals surface area (Å²) in [4.78, 5) is 10.9. The Morgan fingerprint density at radius 1 is 1.41 bits per heavy atom. The molecule has 0 bridgehead atoms. The van der Waals surface area contributed by atoms with Gasteiger partial charge in [-0.25, -0.2) is 0 Å². The van der Waals surface area contributed by atoms with Crippen molar-refractivity contribution in [2.75, 3.05) is 18.5 Å². The van der Waals surface area contributed by atoms with Gasteiger partial charge in [0.25, 0.3) is 0 Å². The maximum atomic E-state index is 10.9. The van der Waals surface area contributed by atoms with Gasteiger partial charge >= 0.3 is 5.97 Å². The van der Waals surface area contributed by atoms with E-state index in [0.717, 1.165) is 24.8 Å². The average molecular weight is 305 g/mol. The molecule has 1 aliphatic heterocycles. The van der Waals surface area contributed by atoms with Crippen LogP contribution in [0, 0.1) is 17.3 Å². The molecule has 0 aromatic rings. The predicted molar refractivity (Wildman–Crippen MR) is 69.1 cm³/mol. The van der Waals surface area contributed by atoms with Crippen LogP contribution in [-0.4, -0.2) is 30.1 Å². The minimum Gasteiger partial charge on any atom is -0.466 e. The fourth-order valence-electron chi connectivity index (χ4n) is 3.26. The van der Waals surface area contributed by atoms with Crippen LogP contribution in [0.1, 0.15) is 33.6 Å². The second-order valence-electron chi connectivity index (χ2n) is 5.83. The number of rotatable bonds is 3. The Labute approximate surface area is 111 Å². The summed E-state index contributed by atoms with van der Waals surface area (Å²) in [5, 5.41) is 0.997. The first-order chi connectivity index (χ1) is 7.94. The van der Waals surface area contributed by atoms with Crippen molar-refractivity contribution in [2.45, 2.75) is 39.2 Å². The van der Waals surface area contributed by atoms with Gasteiger partial charge in [0.15, 0.2) is 0 Å². The maximum Gasteiger partial charge on any atom is 0.302 e. The Kier molecular flexibility index (Phi) is 3.56. The molecular formula is C13H21BrO3. The lowest BCUT2D eigenvalue weighted by Crippen LogP contribution is -2.51. The quantitative estimate of drug-likeness (QED) is 0.457. The van der Waals surface area contributed by atoms with E-state index in [-0.39, 0.29) is 17.0 Å². The zero-order chi connectivity index (χ0) is 12.7. The van der Waals surface area contributed by atoms with E-state index in [1.807, 2.05) is 0 Å². The van der Waals surface area contributed by atoms with Crippen molar-refractivity contribution in [2.24, 2.45) is 17.3 Å². The molecule has 0 aromatic heterocycles. The van der Waals surface area contributed by atoms with Gasteiger partial charge in [0.05, 0.1) is 13.2 Å². The van der Waals surface area contributed by atoms with Gasteiger partial charge in [-0.3, -0.25) is 4.79 Å². The number of carbonyl (C=O) groups excluding carboxylic acids is 1.